The van der Waals surface area contributed by atoms with Gasteiger partial charge in [-0.3, -0.25) is 4.79 Å². The summed E-state index contributed by atoms with van der Waals surface area (Å²) < 4.78 is 12.5. The minimum absolute atomic E-state index is 0.0491. The summed E-state index contributed by atoms with van der Waals surface area (Å²) in [4.78, 5) is 33.6. The van der Waals surface area contributed by atoms with Crippen molar-refractivity contribution in [1.82, 2.24) is 19.4 Å². The van der Waals surface area contributed by atoms with Crippen molar-refractivity contribution in [3.05, 3.63) is 47.8 Å². The van der Waals surface area contributed by atoms with Crippen LogP contribution < -0.4 is 14.8 Å². The molecule has 1 aliphatic rings. The summed E-state index contributed by atoms with van der Waals surface area (Å²) in [5.41, 5.74) is 2.90. The molecule has 9 nitrogen and oxygen atoms in total. The van der Waals surface area contributed by atoms with Gasteiger partial charge in [0.05, 0.1) is 31.8 Å². The first-order valence-corrected chi connectivity index (χ1v) is 10.9. The molecule has 2 heterocycles. The Balaban J connectivity index is 1.48. The van der Waals surface area contributed by atoms with E-state index in [0.29, 0.717) is 29.3 Å². The number of urea groups is 1. The molecule has 0 aliphatic carbocycles. The molecule has 0 saturated carbocycles. The number of methoxy groups -OCH3 is 2. The SMILES string of the molecule is COc1ccc(NC(=O)N(C)Cc2nc3cc(C(=O)N4CCCC4)ccc3n2C)cc1OC. The number of nitrogens with one attached hydrogen (secondary N) is 1. The van der Waals surface area contributed by atoms with E-state index in [1.54, 1.807) is 44.4 Å². The standard InChI is InChI=1S/C24H29N5O4/c1-27(24(31)25-17-8-10-20(32-3)21(14-17)33-4)15-22-26-18-13-16(7-9-19(18)28(22)2)23(30)29-11-5-6-12-29/h7-10,13-14H,5-6,11-12,15H2,1-4H3,(H,25,31). The number of ether oxygens (including phenoxy) is 2. The normalized spacial score (nSPS) is 13.3. The Kier molecular flexibility index (Phi) is 6.39. The van der Waals surface area contributed by atoms with Gasteiger partial charge in [-0.2, -0.15) is 0 Å². The molecule has 0 atom stereocenters. The van der Waals surface area contributed by atoms with E-state index in [2.05, 4.69) is 5.32 Å². The highest BCUT2D eigenvalue weighted by Gasteiger charge is 2.21. The van der Waals surface area contributed by atoms with Gasteiger partial charge in [0.2, 0.25) is 0 Å². The molecule has 0 spiro atoms. The average Bonchev–Trinajstić information content (AvgIpc) is 3.47. The van der Waals surface area contributed by atoms with E-state index in [1.807, 2.05) is 34.7 Å². The lowest BCUT2D eigenvalue weighted by Gasteiger charge is -2.18. The number of aryl methyl sites for hydroxylation is 1. The number of fused-ring (bicyclic) bond motifs is 1. The summed E-state index contributed by atoms with van der Waals surface area (Å²) >= 11 is 0. The molecule has 3 aromatic rings. The van der Waals surface area contributed by atoms with Crippen molar-refractivity contribution in [2.75, 3.05) is 39.7 Å². The van der Waals surface area contributed by atoms with Gasteiger partial charge in [-0.25, -0.2) is 9.78 Å². The van der Waals surface area contributed by atoms with Crippen molar-refractivity contribution in [2.24, 2.45) is 7.05 Å². The summed E-state index contributed by atoms with van der Waals surface area (Å²) in [6, 6.07) is 10.5. The molecule has 3 amide bonds. The molecule has 1 aliphatic heterocycles. The van der Waals surface area contributed by atoms with Gasteiger partial charge in [-0.05, 0) is 43.2 Å². The second-order valence-corrected chi connectivity index (χ2v) is 8.15. The maximum Gasteiger partial charge on any atom is 0.321 e. The summed E-state index contributed by atoms with van der Waals surface area (Å²) in [5, 5.41) is 2.86. The third kappa shape index (κ3) is 4.57. The lowest BCUT2D eigenvalue weighted by atomic mass is 10.2. The number of likely N-dealkylation sites (tertiary alicyclic amines) is 1. The fraction of sp³-hybridized carbons (Fsp3) is 0.375. The summed E-state index contributed by atoms with van der Waals surface area (Å²) in [5.74, 6) is 1.90. The lowest BCUT2D eigenvalue weighted by Crippen LogP contribution is -2.31. The molecule has 1 saturated heterocycles. The number of rotatable bonds is 6. The summed E-state index contributed by atoms with van der Waals surface area (Å²) in [6.45, 7) is 1.92. The van der Waals surface area contributed by atoms with Crippen LogP contribution in [-0.2, 0) is 13.6 Å². The molecule has 174 valence electrons. The highest BCUT2D eigenvalue weighted by atomic mass is 16.5. The molecule has 0 unspecified atom stereocenters. The molecule has 2 aromatic carbocycles. The van der Waals surface area contributed by atoms with Crippen LogP contribution in [0.15, 0.2) is 36.4 Å². The van der Waals surface area contributed by atoms with Gasteiger partial charge in [0.25, 0.3) is 5.91 Å². The molecule has 9 heteroatoms. The van der Waals surface area contributed by atoms with Crippen LogP contribution in [0.2, 0.25) is 0 Å². The van der Waals surface area contributed by atoms with Gasteiger partial charge in [0.1, 0.15) is 5.82 Å². The monoisotopic (exact) mass is 451 g/mol. The van der Waals surface area contributed by atoms with Crippen LogP contribution in [0.3, 0.4) is 0 Å². The maximum absolute atomic E-state index is 12.7. The number of anilines is 1. The van der Waals surface area contributed by atoms with Gasteiger partial charge in [0.15, 0.2) is 11.5 Å². The Morgan fingerprint density at radius 3 is 2.48 bits per heavy atom. The van der Waals surface area contributed by atoms with E-state index in [0.717, 1.165) is 42.8 Å². The molecular weight excluding hydrogens is 422 g/mol. The molecule has 0 bridgehead atoms. The number of aromatic nitrogens is 2. The van der Waals surface area contributed by atoms with Crippen LogP contribution in [0, 0.1) is 0 Å². The fourth-order valence-electron chi connectivity index (χ4n) is 4.04. The Bertz CT molecular complexity index is 1180. The first-order valence-electron chi connectivity index (χ1n) is 10.9. The Morgan fingerprint density at radius 1 is 1.06 bits per heavy atom. The highest BCUT2D eigenvalue weighted by molar-refractivity contribution is 5.97. The van der Waals surface area contributed by atoms with Crippen molar-refractivity contribution in [1.29, 1.82) is 0 Å². The lowest BCUT2D eigenvalue weighted by molar-refractivity contribution is 0.0793. The van der Waals surface area contributed by atoms with Gasteiger partial charge in [0, 0.05) is 44.5 Å². The number of nitrogens with zero attached hydrogens (tertiary/aromatic N) is 4. The van der Waals surface area contributed by atoms with Crippen LogP contribution in [0.1, 0.15) is 29.0 Å². The first kappa shape index (κ1) is 22.4. The van der Waals surface area contributed by atoms with E-state index >= 15 is 0 Å². The minimum atomic E-state index is -0.279. The third-order valence-corrected chi connectivity index (χ3v) is 5.97. The molecular formula is C24H29N5O4. The minimum Gasteiger partial charge on any atom is -0.493 e. The zero-order valence-corrected chi connectivity index (χ0v) is 19.4. The molecule has 0 radical (unpaired) electrons. The number of amides is 3. The Labute approximate surface area is 192 Å². The highest BCUT2D eigenvalue weighted by Crippen LogP contribution is 2.30. The average molecular weight is 452 g/mol. The van der Waals surface area contributed by atoms with Gasteiger partial charge in [-0.1, -0.05) is 0 Å². The van der Waals surface area contributed by atoms with E-state index in [4.69, 9.17) is 14.5 Å². The van der Waals surface area contributed by atoms with Gasteiger partial charge in [-0.15, -0.1) is 0 Å². The first-order chi connectivity index (χ1) is 15.9. The Hall–Kier alpha value is -3.75. The van der Waals surface area contributed by atoms with Crippen molar-refractivity contribution >= 4 is 28.7 Å². The predicted molar refractivity (Wildman–Crippen MR) is 126 cm³/mol. The molecule has 4 rings (SSSR count). The van der Waals surface area contributed by atoms with Crippen molar-refractivity contribution in [3.63, 3.8) is 0 Å². The van der Waals surface area contributed by atoms with E-state index in [1.165, 1.54) is 0 Å². The van der Waals surface area contributed by atoms with Crippen LogP contribution >= 0.6 is 0 Å². The number of hydrogen-bond acceptors (Lipinski definition) is 5. The van der Waals surface area contributed by atoms with Crippen molar-refractivity contribution in [3.8, 4) is 11.5 Å². The number of benzene rings is 2. The molecule has 1 N–H and O–H groups in total. The topological polar surface area (TPSA) is 88.9 Å². The molecule has 33 heavy (non-hydrogen) atoms. The number of carbonyl (C=O) groups is 2. The van der Waals surface area contributed by atoms with Crippen LogP contribution in [0.25, 0.3) is 11.0 Å². The second kappa shape index (κ2) is 9.40. The zero-order chi connectivity index (χ0) is 23.5. The largest absolute Gasteiger partial charge is 0.493 e. The molecule has 1 fully saturated rings. The maximum atomic E-state index is 12.7. The predicted octanol–water partition coefficient (Wildman–Crippen LogP) is 3.49. The number of carbonyl (C=O) groups excluding carboxylic acids is 2. The number of imidazole rings is 1. The van der Waals surface area contributed by atoms with E-state index in [9.17, 15) is 9.59 Å². The van der Waals surface area contributed by atoms with E-state index < -0.39 is 0 Å². The third-order valence-electron chi connectivity index (χ3n) is 5.97. The van der Waals surface area contributed by atoms with Crippen LogP contribution in [0.5, 0.6) is 11.5 Å². The summed E-state index contributed by atoms with van der Waals surface area (Å²) in [6.07, 6.45) is 2.11. The van der Waals surface area contributed by atoms with Crippen molar-refractivity contribution in [2.45, 2.75) is 19.4 Å². The van der Waals surface area contributed by atoms with Crippen LogP contribution in [0.4, 0.5) is 10.5 Å². The smallest absolute Gasteiger partial charge is 0.321 e. The summed E-state index contributed by atoms with van der Waals surface area (Å²) in [7, 11) is 6.72. The fourth-order valence-corrected chi connectivity index (χ4v) is 4.04. The van der Waals surface area contributed by atoms with Gasteiger partial charge < -0.3 is 29.2 Å². The quantitative estimate of drug-likeness (QED) is 0.620. The zero-order valence-electron chi connectivity index (χ0n) is 19.4. The molecule has 1 aromatic heterocycles. The van der Waals surface area contributed by atoms with Crippen molar-refractivity contribution < 1.29 is 19.1 Å². The van der Waals surface area contributed by atoms with E-state index in [-0.39, 0.29) is 11.9 Å². The Morgan fingerprint density at radius 2 is 1.79 bits per heavy atom. The van der Waals surface area contributed by atoms with Gasteiger partial charge >= 0.3 is 6.03 Å². The van der Waals surface area contributed by atoms with Crippen LogP contribution in [-0.4, -0.2) is 65.6 Å². The second-order valence-electron chi connectivity index (χ2n) is 8.15. The number of hydrogen-bond donors (Lipinski definition) is 1.